The van der Waals surface area contributed by atoms with E-state index < -0.39 is 12.5 Å². The normalized spacial score (nSPS) is 13.2. The number of amides is 1. The number of hydrogen-bond acceptors (Lipinski definition) is 7. The molecule has 0 spiro atoms. The number of anilines is 3. The number of aromatic nitrogens is 2. The Morgan fingerprint density at radius 2 is 2.06 bits per heavy atom. The van der Waals surface area contributed by atoms with Gasteiger partial charge in [-0.3, -0.25) is 4.79 Å². The van der Waals surface area contributed by atoms with Crippen LogP contribution in [0.25, 0.3) is 6.08 Å². The number of benzene rings is 1. The molecule has 1 fully saturated rings. The van der Waals surface area contributed by atoms with Gasteiger partial charge in [-0.15, -0.1) is 0 Å². The van der Waals surface area contributed by atoms with Crippen molar-refractivity contribution >= 4 is 29.3 Å². The fourth-order valence-corrected chi connectivity index (χ4v) is 3.47. The van der Waals surface area contributed by atoms with Crippen LogP contribution in [-0.2, 0) is 4.79 Å². The predicted octanol–water partition coefficient (Wildman–Crippen LogP) is 5.52. The third-order valence-corrected chi connectivity index (χ3v) is 5.53. The molecule has 3 aromatic rings. The van der Waals surface area contributed by atoms with Crippen molar-refractivity contribution in [2.75, 3.05) is 17.2 Å². The summed E-state index contributed by atoms with van der Waals surface area (Å²) in [7, 11) is 0. The topological polar surface area (TPSA) is 109 Å². The maximum Gasteiger partial charge on any atom is 0.387 e. The highest BCUT2D eigenvalue weighted by Crippen LogP contribution is 2.35. The standard InChI is InChI=1S/C26H23F2N5O3/c27-26(28)36-21-8-2-6-19(24(21)35-16-17-4-1-5-17)10-12-23(34)32-20-7-3-13-30-25(20)33-22-11-9-18(14-29)15-31-22/h2-3,6-13,15,17,26H,1,4-5,16H2,(H,32,34)(H,30,31,33). The first-order valence-electron chi connectivity index (χ1n) is 11.3. The van der Waals surface area contributed by atoms with Crippen molar-refractivity contribution in [1.29, 1.82) is 5.26 Å². The SMILES string of the molecule is N#Cc1ccc(Nc2ncccc2NC(=O)C=Cc2cccc(OC(F)F)c2OCC2CCC2)nc1. The average Bonchev–Trinajstić information content (AvgIpc) is 2.84. The molecule has 1 aliphatic rings. The van der Waals surface area contributed by atoms with Crippen molar-refractivity contribution in [3.63, 3.8) is 0 Å². The van der Waals surface area contributed by atoms with Crippen molar-refractivity contribution in [1.82, 2.24) is 9.97 Å². The lowest BCUT2D eigenvalue weighted by Crippen LogP contribution is -2.20. The lowest BCUT2D eigenvalue weighted by molar-refractivity contribution is -0.111. The summed E-state index contributed by atoms with van der Waals surface area (Å²) in [6.45, 7) is -2.61. The second-order valence-corrected chi connectivity index (χ2v) is 8.05. The van der Waals surface area contributed by atoms with E-state index >= 15 is 0 Å². The molecule has 10 heteroatoms. The van der Waals surface area contributed by atoms with Crippen LogP contribution < -0.4 is 20.1 Å². The van der Waals surface area contributed by atoms with Crippen LogP contribution in [0.3, 0.4) is 0 Å². The lowest BCUT2D eigenvalue weighted by Gasteiger charge is -2.26. The van der Waals surface area contributed by atoms with E-state index in [1.54, 1.807) is 42.6 Å². The molecular formula is C26H23F2N5O3. The molecule has 0 saturated heterocycles. The number of nitriles is 1. The summed E-state index contributed by atoms with van der Waals surface area (Å²) in [6.07, 6.45) is 8.92. The van der Waals surface area contributed by atoms with Crippen LogP contribution in [0.15, 0.2) is 60.9 Å². The molecule has 1 aromatic carbocycles. The Morgan fingerprint density at radius 1 is 1.19 bits per heavy atom. The number of carbonyl (C=O) groups is 1. The summed E-state index contributed by atoms with van der Waals surface area (Å²) in [5, 5.41) is 14.6. The molecule has 0 unspecified atom stereocenters. The predicted molar refractivity (Wildman–Crippen MR) is 130 cm³/mol. The number of pyridine rings is 2. The monoisotopic (exact) mass is 491 g/mol. The Labute approximate surface area is 206 Å². The zero-order valence-corrected chi connectivity index (χ0v) is 19.2. The lowest BCUT2D eigenvalue weighted by atomic mass is 9.86. The Hall–Kier alpha value is -4.52. The minimum Gasteiger partial charge on any atom is -0.489 e. The van der Waals surface area contributed by atoms with E-state index in [9.17, 15) is 13.6 Å². The Morgan fingerprint density at radius 3 is 2.75 bits per heavy atom. The van der Waals surface area contributed by atoms with Crippen LogP contribution in [0.5, 0.6) is 11.5 Å². The highest BCUT2D eigenvalue weighted by atomic mass is 19.3. The molecule has 184 valence electrons. The highest BCUT2D eigenvalue weighted by Gasteiger charge is 2.21. The zero-order chi connectivity index (χ0) is 25.3. The Bertz CT molecular complexity index is 1270. The molecule has 0 bridgehead atoms. The number of nitrogens with zero attached hydrogens (tertiary/aromatic N) is 3. The van der Waals surface area contributed by atoms with Gasteiger partial charge in [0.05, 0.1) is 17.9 Å². The summed E-state index contributed by atoms with van der Waals surface area (Å²) >= 11 is 0. The van der Waals surface area contributed by atoms with Gasteiger partial charge in [-0.1, -0.05) is 18.6 Å². The first-order chi connectivity index (χ1) is 17.5. The second kappa shape index (κ2) is 11.8. The number of para-hydroxylation sites is 1. The van der Waals surface area contributed by atoms with Gasteiger partial charge in [-0.25, -0.2) is 9.97 Å². The van der Waals surface area contributed by atoms with E-state index in [4.69, 9.17) is 10.00 Å². The summed E-state index contributed by atoms with van der Waals surface area (Å²) < 4.78 is 36.3. The highest BCUT2D eigenvalue weighted by molar-refractivity contribution is 6.03. The van der Waals surface area contributed by atoms with Crippen LogP contribution in [0.2, 0.25) is 0 Å². The van der Waals surface area contributed by atoms with E-state index in [-0.39, 0.29) is 11.5 Å². The first-order valence-corrected chi connectivity index (χ1v) is 11.3. The third-order valence-electron chi connectivity index (χ3n) is 5.53. The van der Waals surface area contributed by atoms with E-state index in [2.05, 4.69) is 25.3 Å². The summed E-state index contributed by atoms with van der Waals surface area (Å²) in [5.41, 5.74) is 1.25. The smallest absolute Gasteiger partial charge is 0.387 e. The number of alkyl halides is 2. The molecule has 36 heavy (non-hydrogen) atoms. The second-order valence-electron chi connectivity index (χ2n) is 8.05. The number of rotatable bonds is 10. The fraction of sp³-hybridized carbons (Fsp3) is 0.231. The van der Waals surface area contributed by atoms with E-state index in [1.165, 1.54) is 24.4 Å². The molecule has 4 rings (SSSR count). The van der Waals surface area contributed by atoms with Crippen LogP contribution >= 0.6 is 0 Å². The summed E-state index contributed by atoms with van der Waals surface area (Å²) in [5.74, 6) is 0.803. The van der Waals surface area contributed by atoms with E-state index in [0.29, 0.717) is 41.0 Å². The van der Waals surface area contributed by atoms with Crippen molar-refractivity contribution in [2.45, 2.75) is 25.9 Å². The van der Waals surface area contributed by atoms with Gasteiger partial charge in [-0.05, 0) is 55.2 Å². The molecule has 0 radical (unpaired) electrons. The molecule has 2 N–H and O–H groups in total. The molecule has 0 atom stereocenters. The maximum absolute atomic E-state index is 12.9. The zero-order valence-electron chi connectivity index (χ0n) is 19.2. The first kappa shape index (κ1) is 24.6. The molecular weight excluding hydrogens is 468 g/mol. The van der Waals surface area contributed by atoms with Gasteiger partial charge < -0.3 is 20.1 Å². The third kappa shape index (κ3) is 6.54. The number of ether oxygens (including phenoxy) is 2. The van der Waals surface area contributed by atoms with Crippen molar-refractivity contribution < 1.29 is 23.0 Å². The number of hydrogen-bond donors (Lipinski definition) is 2. The minimum absolute atomic E-state index is 0.0828. The average molecular weight is 491 g/mol. The van der Waals surface area contributed by atoms with Crippen molar-refractivity contribution in [2.24, 2.45) is 5.92 Å². The van der Waals surface area contributed by atoms with Gasteiger partial charge >= 0.3 is 6.61 Å². The molecule has 2 aromatic heterocycles. The van der Waals surface area contributed by atoms with Gasteiger partial charge in [0, 0.05) is 24.0 Å². The summed E-state index contributed by atoms with van der Waals surface area (Å²) in [4.78, 5) is 21.0. The van der Waals surface area contributed by atoms with E-state index in [1.807, 2.05) is 6.07 Å². The van der Waals surface area contributed by atoms with Crippen LogP contribution in [0.1, 0.15) is 30.4 Å². The van der Waals surface area contributed by atoms with Gasteiger partial charge in [0.1, 0.15) is 11.9 Å². The van der Waals surface area contributed by atoms with Gasteiger partial charge in [0.15, 0.2) is 17.3 Å². The largest absolute Gasteiger partial charge is 0.489 e. The maximum atomic E-state index is 12.9. The van der Waals surface area contributed by atoms with Crippen molar-refractivity contribution in [3.05, 3.63) is 72.1 Å². The summed E-state index contributed by atoms with van der Waals surface area (Å²) in [6, 6.07) is 13.2. The quantitative estimate of drug-likeness (QED) is 0.359. The van der Waals surface area contributed by atoms with Crippen LogP contribution in [-0.4, -0.2) is 29.1 Å². The van der Waals surface area contributed by atoms with Gasteiger partial charge in [0.2, 0.25) is 5.91 Å². The Balaban J connectivity index is 1.48. The molecule has 1 aliphatic carbocycles. The molecule has 8 nitrogen and oxygen atoms in total. The minimum atomic E-state index is -3.00. The fourth-order valence-electron chi connectivity index (χ4n) is 3.47. The molecule has 0 aliphatic heterocycles. The van der Waals surface area contributed by atoms with Crippen LogP contribution in [0.4, 0.5) is 26.1 Å². The number of carbonyl (C=O) groups excluding carboxylic acids is 1. The molecule has 2 heterocycles. The molecule has 1 amide bonds. The van der Waals surface area contributed by atoms with Crippen molar-refractivity contribution in [3.8, 4) is 17.6 Å². The number of nitrogens with one attached hydrogen (secondary N) is 2. The van der Waals surface area contributed by atoms with Crippen LogP contribution in [0, 0.1) is 17.2 Å². The Kier molecular flexibility index (Phi) is 8.03. The van der Waals surface area contributed by atoms with E-state index in [0.717, 1.165) is 19.3 Å². The van der Waals surface area contributed by atoms with Gasteiger partial charge in [-0.2, -0.15) is 14.0 Å². The molecule has 1 saturated carbocycles. The van der Waals surface area contributed by atoms with Gasteiger partial charge in [0.25, 0.3) is 0 Å². The number of halogens is 2.